The van der Waals surface area contributed by atoms with Gasteiger partial charge in [-0.05, 0) is 40.9 Å². The minimum absolute atomic E-state index is 0.123. The average molecular weight is 475 g/mol. The van der Waals surface area contributed by atoms with Gasteiger partial charge in [-0.2, -0.15) is 0 Å². The number of anilines is 1. The summed E-state index contributed by atoms with van der Waals surface area (Å²) in [6.07, 6.45) is 2.57. The summed E-state index contributed by atoms with van der Waals surface area (Å²) in [6.45, 7) is 3.02. The molecule has 1 fully saturated rings. The molecule has 3 rings (SSSR count). The van der Waals surface area contributed by atoms with Gasteiger partial charge in [0.05, 0.1) is 30.0 Å². The molecule has 0 unspecified atom stereocenters. The van der Waals surface area contributed by atoms with Crippen LogP contribution in [-0.2, 0) is 0 Å². The zero-order valence-corrected chi connectivity index (χ0v) is 17.6. The Morgan fingerprint density at radius 3 is 2.75 bits per heavy atom. The second-order valence-corrected chi connectivity index (χ2v) is 8.22. The Morgan fingerprint density at radius 1 is 1.39 bits per heavy atom. The van der Waals surface area contributed by atoms with Crippen LogP contribution in [0, 0.1) is 12.8 Å². The molecule has 0 aliphatic carbocycles. The molecule has 2 atom stereocenters. The number of pyridine rings is 1. The van der Waals surface area contributed by atoms with Gasteiger partial charge in [0.25, 0.3) is 11.8 Å². The molecule has 0 radical (unpaired) electrons. The van der Waals surface area contributed by atoms with Gasteiger partial charge < -0.3 is 10.2 Å². The lowest BCUT2D eigenvalue weighted by molar-refractivity contribution is -0.0899. The Balaban J connectivity index is 1.85. The van der Waals surface area contributed by atoms with E-state index in [9.17, 15) is 13.6 Å². The van der Waals surface area contributed by atoms with Crippen LogP contribution in [0.5, 0.6) is 0 Å². The van der Waals surface area contributed by atoms with Gasteiger partial charge in [0, 0.05) is 23.1 Å². The summed E-state index contributed by atoms with van der Waals surface area (Å²) in [5, 5.41) is 3.40. The number of alkyl halides is 2. The Labute approximate surface area is 174 Å². The smallest absolute Gasteiger partial charge is 0.274 e. The van der Waals surface area contributed by atoms with Crippen LogP contribution in [0.4, 0.5) is 14.7 Å². The minimum Gasteiger partial charge on any atom is -0.352 e. The van der Waals surface area contributed by atoms with Gasteiger partial charge in [0.2, 0.25) is 5.95 Å². The van der Waals surface area contributed by atoms with Crippen LogP contribution in [0.2, 0.25) is 5.02 Å². The molecule has 1 N–H and O–H groups in total. The maximum Gasteiger partial charge on any atom is 0.274 e. The molecule has 1 aliphatic heterocycles. The molecule has 0 aromatic carbocycles. The Kier molecular flexibility index (Phi) is 6.14. The highest BCUT2D eigenvalue weighted by Crippen LogP contribution is 2.35. The zero-order chi connectivity index (χ0) is 20.5. The Morgan fingerprint density at radius 2 is 2.07 bits per heavy atom. The summed E-state index contributed by atoms with van der Waals surface area (Å²) >= 11 is 9.07. The lowest BCUT2D eigenvalue weighted by Crippen LogP contribution is -2.57. The number of hydrogen-bond acceptors (Lipinski definition) is 5. The number of piperidine rings is 1. The molecule has 10 heteroatoms. The predicted molar refractivity (Wildman–Crippen MR) is 106 cm³/mol. The summed E-state index contributed by atoms with van der Waals surface area (Å²) in [7, 11) is 0. The van der Waals surface area contributed by atoms with E-state index in [0.29, 0.717) is 21.1 Å². The van der Waals surface area contributed by atoms with E-state index in [4.69, 9.17) is 11.6 Å². The molecule has 3 heterocycles. The molecular weight excluding hydrogens is 456 g/mol. The van der Waals surface area contributed by atoms with Crippen LogP contribution in [0.1, 0.15) is 29.5 Å². The van der Waals surface area contributed by atoms with Crippen LogP contribution >= 0.6 is 27.5 Å². The summed E-state index contributed by atoms with van der Waals surface area (Å²) in [4.78, 5) is 26.6. The van der Waals surface area contributed by atoms with Gasteiger partial charge in [-0.1, -0.05) is 18.5 Å². The van der Waals surface area contributed by atoms with E-state index in [2.05, 4.69) is 36.2 Å². The highest BCUT2D eigenvalue weighted by atomic mass is 79.9. The first-order chi connectivity index (χ1) is 13.2. The van der Waals surface area contributed by atoms with Crippen LogP contribution in [0.3, 0.4) is 0 Å². The number of aromatic nitrogens is 3. The van der Waals surface area contributed by atoms with E-state index < -0.39 is 30.3 Å². The third kappa shape index (κ3) is 4.75. The lowest BCUT2D eigenvalue weighted by Gasteiger charge is -2.43. The number of carbonyl (C=O) groups excluding carboxylic acids is 1. The predicted octanol–water partition coefficient (Wildman–Crippen LogP) is 4.19. The van der Waals surface area contributed by atoms with Crippen molar-refractivity contribution in [2.24, 2.45) is 5.92 Å². The van der Waals surface area contributed by atoms with Crippen molar-refractivity contribution in [2.45, 2.75) is 32.2 Å². The van der Waals surface area contributed by atoms with E-state index in [0.717, 1.165) is 0 Å². The number of carbonyl (C=O) groups is 1. The van der Waals surface area contributed by atoms with Crippen LogP contribution < -0.4 is 5.32 Å². The lowest BCUT2D eigenvalue weighted by atomic mass is 9.88. The number of hydrogen-bond donors (Lipinski definition) is 1. The normalized spacial score (nSPS) is 21.4. The summed E-state index contributed by atoms with van der Waals surface area (Å²) in [6, 6.07) is 2.96. The van der Waals surface area contributed by atoms with Crippen molar-refractivity contribution in [1.82, 2.24) is 19.9 Å². The zero-order valence-electron chi connectivity index (χ0n) is 15.3. The quantitative estimate of drug-likeness (QED) is 0.719. The molecule has 6 nitrogen and oxygen atoms in total. The fraction of sp³-hybridized carbons (Fsp3) is 0.444. The number of nitrogens with one attached hydrogen (secondary N) is 1. The average Bonchev–Trinajstić information content (AvgIpc) is 2.62. The third-order valence-corrected chi connectivity index (χ3v) is 5.45. The van der Waals surface area contributed by atoms with Gasteiger partial charge in [0.1, 0.15) is 5.69 Å². The number of nitrogens with zero attached hydrogens (tertiary/aromatic N) is 4. The molecule has 2 aromatic heterocycles. The topological polar surface area (TPSA) is 71.0 Å². The second-order valence-electron chi connectivity index (χ2n) is 6.93. The van der Waals surface area contributed by atoms with E-state index >= 15 is 0 Å². The monoisotopic (exact) mass is 473 g/mol. The number of aryl methyl sites for hydroxylation is 1. The number of amides is 1. The fourth-order valence-electron chi connectivity index (χ4n) is 3.30. The first-order valence-electron chi connectivity index (χ1n) is 8.69. The highest BCUT2D eigenvalue weighted by Gasteiger charge is 2.46. The van der Waals surface area contributed by atoms with Crippen molar-refractivity contribution in [3.63, 3.8) is 0 Å². The molecule has 0 spiro atoms. The maximum atomic E-state index is 14.3. The first kappa shape index (κ1) is 20.9. The van der Waals surface area contributed by atoms with Gasteiger partial charge in [-0.3, -0.25) is 4.79 Å². The molecular formula is C18H19BrClF2N5O. The van der Waals surface area contributed by atoms with Gasteiger partial charge >= 0.3 is 0 Å². The van der Waals surface area contributed by atoms with Crippen LogP contribution in [0.15, 0.2) is 29.0 Å². The molecule has 0 bridgehead atoms. The van der Waals surface area contributed by atoms with Crippen LogP contribution in [0.25, 0.3) is 0 Å². The van der Waals surface area contributed by atoms with E-state index in [-0.39, 0.29) is 18.7 Å². The van der Waals surface area contributed by atoms with E-state index in [1.54, 1.807) is 26.0 Å². The van der Waals surface area contributed by atoms with Crippen LogP contribution in [-0.4, -0.2) is 50.8 Å². The van der Waals surface area contributed by atoms with Gasteiger partial charge in [-0.15, -0.1) is 0 Å². The van der Waals surface area contributed by atoms with Crippen molar-refractivity contribution >= 4 is 39.4 Å². The maximum absolute atomic E-state index is 14.3. The Hall–Kier alpha value is -1.87. The molecule has 28 heavy (non-hydrogen) atoms. The first-order valence-corrected chi connectivity index (χ1v) is 9.87. The SMILES string of the molecule is Cc1ccc(Br)c(C(=O)N2CC(F)(F)C[C@@H](C)[C@H]2CNc2ncc(Cl)cn2)n1. The molecule has 1 aliphatic rings. The summed E-state index contributed by atoms with van der Waals surface area (Å²) in [5.41, 5.74) is 0.755. The number of rotatable bonds is 4. The van der Waals surface area contributed by atoms with Gasteiger partial charge in [0.15, 0.2) is 0 Å². The molecule has 2 aromatic rings. The largest absolute Gasteiger partial charge is 0.352 e. The van der Waals surface area contributed by atoms with E-state index in [1.807, 2.05) is 0 Å². The van der Waals surface area contributed by atoms with Crippen molar-refractivity contribution in [2.75, 3.05) is 18.4 Å². The minimum atomic E-state index is -2.96. The van der Waals surface area contributed by atoms with E-state index in [1.165, 1.54) is 17.3 Å². The van der Waals surface area contributed by atoms with Gasteiger partial charge in [-0.25, -0.2) is 23.7 Å². The highest BCUT2D eigenvalue weighted by molar-refractivity contribution is 9.10. The summed E-state index contributed by atoms with van der Waals surface area (Å²) in [5.74, 6) is -3.61. The Bertz CT molecular complexity index is 868. The standard InChI is InChI=1S/C18H19BrClF2N5O/c1-10-5-18(21,22)9-27(16(28)15-13(19)4-3-11(2)26-15)14(10)8-25-17-23-6-12(20)7-24-17/h3-4,6-7,10,14H,5,8-9H2,1-2H3,(H,23,24,25)/t10-,14-/m1/s1. The second kappa shape index (κ2) is 8.24. The number of likely N-dealkylation sites (tertiary alicyclic amines) is 1. The third-order valence-electron chi connectivity index (χ3n) is 4.62. The molecule has 150 valence electrons. The van der Waals surface area contributed by atoms with Crippen molar-refractivity contribution < 1.29 is 13.6 Å². The van der Waals surface area contributed by atoms with Crippen molar-refractivity contribution in [3.05, 3.63) is 45.4 Å². The summed E-state index contributed by atoms with van der Waals surface area (Å²) < 4.78 is 29.0. The molecule has 1 amide bonds. The molecule has 0 saturated carbocycles. The number of halogens is 4. The fourth-order valence-corrected chi connectivity index (χ4v) is 3.79. The van der Waals surface area contributed by atoms with Crippen molar-refractivity contribution in [3.8, 4) is 0 Å². The van der Waals surface area contributed by atoms with Crippen molar-refractivity contribution in [1.29, 1.82) is 0 Å². The molecule has 1 saturated heterocycles.